The van der Waals surface area contributed by atoms with Crippen molar-refractivity contribution in [3.63, 3.8) is 0 Å². The molecule has 0 bridgehead atoms. The molecule has 0 radical (unpaired) electrons. The maximum Gasteiger partial charge on any atom is 0.0519 e. The molecule has 1 heterocycles. The molecule has 2 aromatic carbocycles. The van der Waals surface area contributed by atoms with Crippen molar-refractivity contribution in [3.8, 4) is 0 Å². The maximum absolute atomic E-state index is 2.71. The van der Waals surface area contributed by atoms with Gasteiger partial charge in [0.05, 0.1) is 6.04 Å². The number of allylic oxidation sites excluding steroid dienone is 9. The van der Waals surface area contributed by atoms with Gasteiger partial charge in [-0.1, -0.05) is 85.0 Å². The fourth-order valence-corrected chi connectivity index (χ4v) is 8.04. The molecule has 1 nitrogen and oxygen atoms in total. The van der Waals surface area contributed by atoms with E-state index in [1.54, 1.807) is 22.4 Å². The molecular formula is C36H35N. The van der Waals surface area contributed by atoms with Gasteiger partial charge in [-0.05, 0) is 91.2 Å². The Hall–Kier alpha value is -3.32. The lowest BCUT2D eigenvalue weighted by Crippen LogP contribution is -2.25. The SMILES string of the molecule is C1=CC(n2c3c(c4ccc(C5C=CC6C7=C(CCC=C7)c7ccccc7C6C5)cc42)C=CCC3)CCC1. The summed E-state index contributed by atoms with van der Waals surface area (Å²) >= 11 is 0. The summed E-state index contributed by atoms with van der Waals surface area (Å²) < 4.78 is 2.71. The smallest absolute Gasteiger partial charge is 0.0519 e. The van der Waals surface area contributed by atoms with Crippen molar-refractivity contribution in [3.05, 3.63) is 119 Å². The summed E-state index contributed by atoms with van der Waals surface area (Å²) in [7, 11) is 0. The van der Waals surface area contributed by atoms with Crippen LogP contribution in [0.15, 0.2) is 90.6 Å². The van der Waals surface area contributed by atoms with Gasteiger partial charge < -0.3 is 4.57 Å². The first-order chi connectivity index (χ1) is 18.4. The second kappa shape index (κ2) is 8.62. The molecule has 0 N–H and O–H groups in total. The lowest BCUT2D eigenvalue weighted by molar-refractivity contribution is 0.476. The molecule has 5 aliphatic carbocycles. The van der Waals surface area contributed by atoms with Crippen molar-refractivity contribution >= 4 is 22.6 Å². The Bertz CT molecular complexity index is 1550. The highest BCUT2D eigenvalue weighted by molar-refractivity contribution is 5.92. The second-order valence-corrected chi connectivity index (χ2v) is 11.7. The fraction of sp³-hybridized carbons (Fsp3) is 0.333. The van der Waals surface area contributed by atoms with Gasteiger partial charge in [0.2, 0.25) is 0 Å². The van der Waals surface area contributed by atoms with Gasteiger partial charge in [-0.3, -0.25) is 0 Å². The van der Waals surface area contributed by atoms with Gasteiger partial charge in [0.25, 0.3) is 0 Å². The van der Waals surface area contributed by atoms with Crippen LogP contribution in [-0.2, 0) is 6.42 Å². The predicted molar refractivity (Wildman–Crippen MR) is 156 cm³/mol. The molecule has 1 aromatic heterocycles. The molecule has 37 heavy (non-hydrogen) atoms. The van der Waals surface area contributed by atoms with Crippen LogP contribution in [0.5, 0.6) is 0 Å². The standard InChI is InChI=1S/C36H35N/c1-2-10-26(11-3-1)37-35-17-9-8-16-32(35)33-21-19-25(23-36(33)37)24-18-20-31-29-14-5-4-12-27(29)28-13-6-7-15-30(28)34(31)22-24/h2,5-8,10,13-16,18-21,23-24,26,31,34H,1,3-4,9,11-12,17,22H2. The predicted octanol–water partition coefficient (Wildman–Crippen LogP) is 9.44. The molecular weight excluding hydrogens is 446 g/mol. The van der Waals surface area contributed by atoms with E-state index in [1.807, 2.05) is 0 Å². The summed E-state index contributed by atoms with van der Waals surface area (Å²) in [6, 6.07) is 17.2. The number of rotatable bonds is 2. The molecule has 184 valence electrons. The minimum absolute atomic E-state index is 0.464. The highest BCUT2D eigenvalue weighted by Crippen LogP contribution is 2.52. The van der Waals surface area contributed by atoms with E-state index < -0.39 is 0 Å². The van der Waals surface area contributed by atoms with Gasteiger partial charge in [0, 0.05) is 34.0 Å². The Morgan fingerprint density at radius 1 is 0.811 bits per heavy atom. The molecule has 1 heteroatoms. The first-order valence-corrected chi connectivity index (χ1v) is 14.5. The van der Waals surface area contributed by atoms with Crippen LogP contribution in [0.2, 0.25) is 0 Å². The summed E-state index contributed by atoms with van der Waals surface area (Å²) in [5.74, 6) is 1.55. The third-order valence-electron chi connectivity index (χ3n) is 9.74. The molecule has 0 saturated carbocycles. The molecule has 0 fully saturated rings. The van der Waals surface area contributed by atoms with Gasteiger partial charge in [-0.25, -0.2) is 0 Å². The topological polar surface area (TPSA) is 4.93 Å². The van der Waals surface area contributed by atoms with E-state index in [9.17, 15) is 0 Å². The number of aromatic nitrogens is 1. The molecule has 0 amide bonds. The molecule has 5 aliphatic rings. The van der Waals surface area contributed by atoms with Crippen molar-refractivity contribution in [1.82, 2.24) is 4.57 Å². The van der Waals surface area contributed by atoms with E-state index in [2.05, 4.69) is 95.6 Å². The van der Waals surface area contributed by atoms with Gasteiger partial charge in [-0.15, -0.1) is 0 Å². The minimum Gasteiger partial charge on any atom is -0.337 e. The average molecular weight is 482 g/mol. The average Bonchev–Trinajstić information content (AvgIpc) is 3.31. The van der Waals surface area contributed by atoms with Crippen LogP contribution in [0, 0.1) is 5.92 Å². The molecule has 3 aromatic rings. The highest BCUT2D eigenvalue weighted by Gasteiger charge is 2.37. The largest absolute Gasteiger partial charge is 0.337 e. The van der Waals surface area contributed by atoms with E-state index >= 15 is 0 Å². The molecule has 4 atom stereocenters. The number of hydrogen-bond donors (Lipinski definition) is 0. The Morgan fingerprint density at radius 3 is 2.68 bits per heavy atom. The highest BCUT2D eigenvalue weighted by atomic mass is 15.0. The summed E-state index contributed by atoms with van der Waals surface area (Å²) in [6.07, 6.45) is 29.2. The van der Waals surface area contributed by atoms with Crippen LogP contribution in [-0.4, -0.2) is 4.57 Å². The number of fused-ring (bicyclic) bond motifs is 8. The number of benzene rings is 2. The molecule has 8 rings (SSSR count). The number of hydrogen-bond acceptors (Lipinski definition) is 0. The van der Waals surface area contributed by atoms with E-state index in [1.165, 1.54) is 66.1 Å². The molecule has 0 saturated heterocycles. The van der Waals surface area contributed by atoms with E-state index in [0.717, 1.165) is 12.8 Å². The third-order valence-corrected chi connectivity index (χ3v) is 9.74. The van der Waals surface area contributed by atoms with Crippen molar-refractivity contribution in [2.45, 2.75) is 69.2 Å². The van der Waals surface area contributed by atoms with E-state index in [4.69, 9.17) is 0 Å². The van der Waals surface area contributed by atoms with Crippen LogP contribution in [0.3, 0.4) is 0 Å². The van der Waals surface area contributed by atoms with E-state index in [0.29, 0.717) is 23.8 Å². The lowest BCUT2D eigenvalue weighted by Gasteiger charge is -2.40. The summed E-state index contributed by atoms with van der Waals surface area (Å²) in [4.78, 5) is 0. The minimum atomic E-state index is 0.464. The Balaban J connectivity index is 1.23. The summed E-state index contributed by atoms with van der Waals surface area (Å²) in [6.45, 7) is 0. The fourth-order valence-electron chi connectivity index (χ4n) is 8.04. The normalized spacial score (nSPS) is 27.7. The van der Waals surface area contributed by atoms with Crippen LogP contribution >= 0.6 is 0 Å². The number of nitrogens with zero attached hydrogens (tertiary/aromatic N) is 1. The summed E-state index contributed by atoms with van der Waals surface area (Å²) in [5, 5.41) is 1.44. The third kappa shape index (κ3) is 3.36. The Kier molecular flexibility index (Phi) is 5.06. The van der Waals surface area contributed by atoms with Crippen LogP contribution in [0.1, 0.15) is 90.8 Å². The van der Waals surface area contributed by atoms with E-state index in [-0.39, 0.29) is 0 Å². The van der Waals surface area contributed by atoms with Gasteiger partial charge >= 0.3 is 0 Å². The molecule has 0 spiro atoms. The van der Waals surface area contributed by atoms with Crippen molar-refractivity contribution in [1.29, 1.82) is 0 Å². The summed E-state index contributed by atoms with van der Waals surface area (Å²) in [5.41, 5.74) is 12.2. The Morgan fingerprint density at radius 2 is 1.73 bits per heavy atom. The first kappa shape index (κ1) is 21.7. The van der Waals surface area contributed by atoms with Crippen LogP contribution in [0.25, 0.3) is 22.6 Å². The van der Waals surface area contributed by atoms with Crippen molar-refractivity contribution in [2.24, 2.45) is 5.92 Å². The van der Waals surface area contributed by atoms with Crippen LogP contribution in [0.4, 0.5) is 0 Å². The monoisotopic (exact) mass is 481 g/mol. The zero-order valence-electron chi connectivity index (χ0n) is 21.6. The zero-order valence-corrected chi connectivity index (χ0v) is 21.6. The lowest BCUT2D eigenvalue weighted by atomic mass is 9.64. The van der Waals surface area contributed by atoms with Gasteiger partial charge in [0.15, 0.2) is 0 Å². The Labute approximate surface area is 220 Å². The second-order valence-electron chi connectivity index (χ2n) is 11.7. The first-order valence-electron chi connectivity index (χ1n) is 14.5. The molecule has 4 unspecified atom stereocenters. The van der Waals surface area contributed by atoms with Crippen molar-refractivity contribution < 1.29 is 0 Å². The van der Waals surface area contributed by atoms with Crippen LogP contribution < -0.4 is 0 Å². The maximum atomic E-state index is 2.71. The molecule has 0 aliphatic heterocycles. The van der Waals surface area contributed by atoms with Crippen molar-refractivity contribution in [2.75, 3.05) is 0 Å². The van der Waals surface area contributed by atoms with Gasteiger partial charge in [-0.2, -0.15) is 0 Å². The zero-order chi connectivity index (χ0) is 24.3. The van der Waals surface area contributed by atoms with Gasteiger partial charge in [0.1, 0.15) is 0 Å². The quantitative estimate of drug-likeness (QED) is 0.321.